The van der Waals surface area contributed by atoms with Crippen LogP contribution >= 0.6 is 0 Å². The van der Waals surface area contributed by atoms with Crippen molar-refractivity contribution in [2.24, 2.45) is 5.92 Å². The minimum Gasteiger partial charge on any atom is -0.0623 e. The van der Waals surface area contributed by atoms with Crippen molar-refractivity contribution in [3.05, 3.63) is 328 Å². The molecule has 0 saturated heterocycles. The maximum absolute atomic E-state index is 16.2. The summed E-state index contributed by atoms with van der Waals surface area (Å²) in [7, 11) is 0. The predicted octanol–water partition coefficient (Wildman–Crippen LogP) is 14.6. The molecule has 17 heteroatoms. The van der Waals surface area contributed by atoms with Crippen LogP contribution in [0.2, 0.25) is 0 Å². The first-order valence-corrected chi connectivity index (χ1v) is 47.4. The van der Waals surface area contributed by atoms with Crippen LogP contribution in [0, 0.1) is 5.92 Å². The van der Waals surface area contributed by atoms with E-state index >= 15 is 4.79 Å². The summed E-state index contributed by atoms with van der Waals surface area (Å²) >= 11 is 4.98. The van der Waals surface area contributed by atoms with Gasteiger partial charge in [0, 0.05) is 34.3 Å². The smallest absolute Gasteiger partial charge is 0.0623 e. The fourth-order valence-electron chi connectivity index (χ4n) is 23.5. The molecule has 0 heterocycles. The van der Waals surface area contributed by atoms with E-state index in [1.807, 2.05) is 146 Å². The van der Waals surface area contributed by atoms with Gasteiger partial charge in [-0.3, -0.25) is 4.79 Å². The Morgan fingerprint density at radius 2 is 0.654 bits per heavy atom. The molecule has 2 bridgehead atoms. The molecule has 4 atom stereocenters. The van der Waals surface area contributed by atoms with Gasteiger partial charge in [-0.15, -0.1) is 0 Å². The number of hydrogen-bond donors (Lipinski definition) is 7. The monoisotopic (exact) mass is 1850 g/mol. The van der Waals surface area contributed by atoms with E-state index in [-0.39, 0.29) is 146 Å². The van der Waals surface area contributed by atoms with E-state index in [0.717, 1.165) is 18.9 Å². The van der Waals surface area contributed by atoms with Gasteiger partial charge in [0.25, 0.3) is 5.91 Å². The van der Waals surface area contributed by atoms with E-state index in [2.05, 4.69) is 172 Å². The topological polar surface area (TPSA) is 204 Å². The average Bonchev–Trinajstić information content (AvgIpc) is 1.43. The normalized spacial score (nSPS) is 16.0. The fourth-order valence-corrected chi connectivity index (χ4v) is 25.9. The Labute approximate surface area is 751 Å². The van der Waals surface area contributed by atoms with E-state index in [9.17, 15) is 28.8 Å². The Balaban J connectivity index is 0.000000696. The summed E-state index contributed by atoms with van der Waals surface area (Å²) in [6, 6.07) is 91.2. The summed E-state index contributed by atoms with van der Waals surface area (Å²) in [6.07, 6.45) is 2.48. The Hall–Kier alpha value is -13.3. The Bertz CT molecular complexity index is 7990. The van der Waals surface area contributed by atoms with Crippen LogP contribution in [0.4, 0.5) is 0 Å². The summed E-state index contributed by atoms with van der Waals surface area (Å²) in [5.41, 5.74) is 7.73. The average molecular weight is 1850 g/mol. The molecule has 7 amide bonds. The Kier molecular flexibility index (Phi) is 18.2. The molecule has 22 aromatic carbocycles. The van der Waals surface area contributed by atoms with Crippen LogP contribution in [0.5, 0.6) is 0 Å². The van der Waals surface area contributed by atoms with Crippen LogP contribution in [0.1, 0.15) is 125 Å². The van der Waals surface area contributed by atoms with Gasteiger partial charge in [-0.25, -0.2) is 0 Å². The minimum absolute atomic E-state index is 0.0327. The van der Waals surface area contributed by atoms with Crippen LogP contribution < -0.4 is 60.3 Å². The molecule has 5 aliphatic rings. The molecule has 0 aliphatic heterocycles. The van der Waals surface area contributed by atoms with Gasteiger partial charge >= 0.3 is 359 Å². The zero-order valence-electron chi connectivity index (χ0n) is 68.9. The van der Waals surface area contributed by atoms with Gasteiger partial charge in [0.1, 0.15) is 0 Å². The molecule has 27 rings (SSSR count). The third kappa shape index (κ3) is 11.6. The number of rotatable bonds is 25. The van der Waals surface area contributed by atoms with Crippen LogP contribution in [0.15, 0.2) is 267 Å². The summed E-state index contributed by atoms with van der Waals surface area (Å²) in [5, 5.41) is 59.0. The maximum Gasteiger partial charge on any atom is -0.0623 e. The molecule has 14 nitrogen and oxygen atoms in total. The largest absolute Gasteiger partial charge is 0.0623 e. The third-order valence-corrected chi connectivity index (χ3v) is 31.8. The fraction of sp³-hybridized carbons (Fsp3) is 0.155. The van der Waals surface area contributed by atoms with Crippen molar-refractivity contribution in [1.29, 1.82) is 0 Å². The molecule has 7 N–H and O–H groups in total. The van der Waals surface area contributed by atoms with Crippen molar-refractivity contribution < 1.29 is 33.6 Å². The molecule has 0 fully saturated rings. The third-order valence-electron chi connectivity index (χ3n) is 28.4. The van der Waals surface area contributed by atoms with Crippen molar-refractivity contribution in [1.82, 2.24) is 37.2 Å². The SMILES string of the molecule is O=C(CCC(CCC(=O)NCCNC(=O)c1ccc([SeH])cc1)(CCC(=O)NCCNC(=O)c1ccc([Se]c2ccccc2)cc1)NC(=O)c1ccc2c(c1)C1c3ccccc3C2C23c4ccc5c6ccc7c8ccc9c%10ccc%11c(c%12c2c2c4c5c4c6c7c5c8c9c6c%10c%11c%12c7c2c4c5c67)=CC13)NCCNC(=O)c1ccc([SeH])cc1.c1ccccc1.c1ccccc1. The van der Waals surface area contributed by atoms with Gasteiger partial charge in [-0.05, 0) is 191 Å². The van der Waals surface area contributed by atoms with Gasteiger partial charge in [0.2, 0.25) is 0 Å². The summed E-state index contributed by atoms with van der Waals surface area (Å²) in [6.45, 7) is 0.803. The second-order valence-corrected chi connectivity index (χ2v) is 39.5. The van der Waals surface area contributed by atoms with E-state index < -0.39 is 16.9 Å². The van der Waals surface area contributed by atoms with E-state index in [1.165, 1.54) is 178 Å². The van der Waals surface area contributed by atoms with Gasteiger partial charge < -0.3 is 5.32 Å². The van der Waals surface area contributed by atoms with Crippen molar-refractivity contribution in [3.8, 4) is 0 Å². The molecule has 4 unspecified atom stereocenters. The number of nitrogens with one attached hydrogen (secondary N) is 7. The Morgan fingerprint density at radius 3 is 1.12 bits per heavy atom. The number of amides is 7. The van der Waals surface area contributed by atoms with Crippen molar-refractivity contribution >= 4 is 252 Å². The molecule has 5 aliphatic carbocycles. The van der Waals surface area contributed by atoms with Crippen LogP contribution in [0.3, 0.4) is 0 Å². The summed E-state index contributed by atoms with van der Waals surface area (Å²) in [4.78, 5) is 99.0. The molecule has 616 valence electrons. The number of hydrogen-bond acceptors (Lipinski definition) is 7. The second kappa shape index (κ2) is 29.9. The first-order chi connectivity index (χ1) is 62.2. The maximum atomic E-state index is 16.2. The molecule has 1 spiro atoms. The first kappa shape index (κ1) is 77.3. The molecule has 0 radical (unpaired) electrons. The molecule has 127 heavy (non-hydrogen) atoms. The van der Waals surface area contributed by atoms with E-state index in [1.54, 1.807) is 24.3 Å². The van der Waals surface area contributed by atoms with Gasteiger partial charge in [-0.1, -0.05) is 158 Å². The number of carbonyl (C=O) groups is 7. The van der Waals surface area contributed by atoms with Crippen molar-refractivity contribution in [2.75, 3.05) is 39.3 Å². The number of benzene rings is 17. The molecule has 0 saturated carbocycles. The standard InChI is InChI=1S/C98H69N7O7Se3.2C6H6/c106-68(99-38-41-102-93(109)46-10-17-50(113)18-11-46)32-35-97(36-33-69(107)100-39-42-103-94(110)47-12-19-51(114)20-13-47,37-34-70(108)101-40-43-104-95(111)48-14-21-53(22-15-48)115-52-6-2-1-3-7-52)105-96(112)49-16-23-63-64(44-49)71-54-8-4-5-9-62(54)91(63)98-66-31-30-60-59-27-26-56-55-24-25-57-58-28-29-61-65(45-67(71)98)79-84-77(61)76(58)82-73(57)72(55)81-74(56)75(59)83-78(60)80(66)90(92(79)98)89-87(83)85(81)86(82)88(84)89;2*1-2-4-6-5-3-1/h1-31,44-45,67,71,91,113-114H,32-43H2,(H,99,106)(H,100,107)(H,101,108)(H,102,109)(H,103,110)(H,104,111)(H,105,112);2*1-6H. The van der Waals surface area contributed by atoms with Crippen molar-refractivity contribution in [3.63, 3.8) is 0 Å². The van der Waals surface area contributed by atoms with Crippen LogP contribution in [-0.4, -0.2) is 133 Å². The van der Waals surface area contributed by atoms with Gasteiger partial charge in [-0.2, -0.15) is 0 Å². The summed E-state index contributed by atoms with van der Waals surface area (Å²) in [5.74, 6) is -2.73. The minimum atomic E-state index is -1.34. The number of carbonyl (C=O) groups excluding carboxylic acids is 7. The van der Waals surface area contributed by atoms with E-state index in [4.69, 9.17) is 0 Å². The Morgan fingerprint density at radius 1 is 0.307 bits per heavy atom. The molecule has 22 aromatic rings. The zero-order chi connectivity index (χ0) is 85.4. The van der Waals surface area contributed by atoms with Gasteiger partial charge in [0.15, 0.2) is 0 Å². The molecule has 0 aromatic heterocycles. The molecular formula is C110H81N7O7Se3. The second-order valence-electron chi connectivity index (χ2n) is 34.9. The summed E-state index contributed by atoms with van der Waals surface area (Å²) < 4.78 is 4.29. The predicted molar refractivity (Wildman–Crippen MR) is 518 cm³/mol. The number of fused-ring (bicyclic) bond motifs is 4. The van der Waals surface area contributed by atoms with E-state index in [0.29, 0.717) is 22.3 Å². The first-order valence-electron chi connectivity index (χ1n) is 43.8. The van der Waals surface area contributed by atoms with Crippen LogP contribution in [-0.2, 0) is 19.8 Å². The molecular weight excluding hydrogens is 1770 g/mol. The quantitative estimate of drug-likeness (QED) is 0.0167. The zero-order valence-corrected chi connectivity index (χ0v) is 74.3. The van der Waals surface area contributed by atoms with Crippen molar-refractivity contribution in [2.45, 2.75) is 61.3 Å². The van der Waals surface area contributed by atoms with Crippen LogP contribution in [0.25, 0.3) is 146 Å². The van der Waals surface area contributed by atoms with Gasteiger partial charge in [0.05, 0.1) is 0 Å².